The van der Waals surface area contributed by atoms with Crippen molar-refractivity contribution in [2.45, 2.75) is 12.8 Å². The number of carboxylic acids is 1. The van der Waals surface area contributed by atoms with Crippen LogP contribution in [0.5, 0.6) is 5.75 Å². The van der Waals surface area contributed by atoms with Gasteiger partial charge in [0.15, 0.2) is 0 Å². The third-order valence-corrected chi connectivity index (χ3v) is 4.18. The van der Waals surface area contributed by atoms with E-state index in [1.54, 1.807) is 0 Å². The standard InChI is InChI=1S/C13H12BrNO4/c14-9-1-2-10-6(3-4-19-10)11(9)15-12(16)7-5-8(7)13(17)18/h1-2,7-8H,3-5H2,(H,15,16)(H,17,18)/t7-,8+/m0/s1. The van der Waals surface area contributed by atoms with E-state index in [1.807, 2.05) is 12.1 Å². The monoisotopic (exact) mass is 325 g/mol. The number of amides is 1. The normalized spacial score (nSPS) is 23.4. The number of carbonyl (C=O) groups excluding carboxylic acids is 1. The minimum atomic E-state index is -0.902. The van der Waals surface area contributed by atoms with Crippen LogP contribution in [0, 0.1) is 11.8 Å². The second-order valence-electron chi connectivity index (χ2n) is 4.77. The molecule has 2 aliphatic rings. The van der Waals surface area contributed by atoms with Crippen molar-refractivity contribution in [3.63, 3.8) is 0 Å². The molecule has 0 saturated heterocycles. The lowest BCUT2D eigenvalue weighted by atomic mass is 10.1. The smallest absolute Gasteiger partial charge is 0.307 e. The second kappa shape index (κ2) is 4.52. The van der Waals surface area contributed by atoms with Gasteiger partial charge in [0, 0.05) is 16.5 Å². The van der Waals surface area contributed by atoms with Gasteiger partial charge in [-0.05, 0) is 34.5 Å². The van der Waals surface area contributed by atoms with E-state index >= 15 is 0 Å². The van der Waals surface area contributed by atoms with Crippen LogP contribution in [0.1, 0.15) is 12.0 Å². The fourth-order valence-electron chi connectivity index (χ4n) is 2.36. The summed E-state index contributed by atoms with van der Waals surface area (Å²) < 4.78 is 6.23. The van der Waals surface area contributed by atoms with E-state index in [-0.39, 0.29) is 5.91 Å². The minimum absolute atomic E-state index is 0.228. The van der Waals surface area contributed by atoms with Gasteiger partial charge >= 0.3 is 5.97 Å². The lowest BCUT2D eigenvalue weighted by molar-refractivity contribution is -0.139. The first kappa shape index (κ1) is 12.5. The maximum atomic E-state index is 12.0. The zero-order chi connectivity index (χ0) is 13.6. The Bertz CT molecular complexity index is 572. The Labute approximate surface area is 118 Å². The second-order valence-corrected chi connectivity index (χ2v) is 5.63. The molecule has 1 amide bonds. The molecule has 1 aliphatic carbocycles. The number of carboxylic acid groups (broad SMARTS) is 1. The van der Waals surface area contributed by atoms with Crippen LogP contribution in [0.2, 0.25) is 0 Å². The molecule has 6 heteroatoms. The summed E-state index contributed by atoms with van der Waals surface area (Å²) in [6.45, 7) is 0.607. The largest absolute Gasteiger partial charge is 0.493 e. The summed E-state index contributed by atoms with van der Waals surface area (Å²) in [6.07, 6.45) is 1.17. The van der Waals surface area contributed by atoms with Crippen LogP contribution in [0.15, 0.2) is 16.6 Å². The number of ether oxygens (including phenoxy) is 1. The molecule has 1 heterocycles. The number of carbonyl (C=O) groups is 2. The van der Waals surface area contributed by atoms with E-state index in [9.17, 15) is 9.59 Å². The van der Waals surface area contributed by atoms with Crippen LogP contribution in [0.25, 0.3) is 0 Å². The van der Waals surface area contributed by atoms with Gasteiger partial charge in [-0.3, -0.25) is 9.59 Å². The lowest BCUT2D eigenvalue weighted by Crippen LogP contribution is -2.18. The zero-order valence-electron chi connectivity index (χ0n) is 9.98. The van der Waals surface area contributed by atoms with Gasteiger partial charge in [-0.2, -0.15) is 0 Å². The Morgan fingerprint density at radius 3 is 2.84 bits per heavy atom. The Morgan fingerprint density at radius 1 is 1.37 bits per heavy atom. The summed E-state index contributed by atoms with van der Waals surface area (Å²) in [5.41, 5.74) is 1.67. The van der Waals surface area contributed by atoms with E-state index in [4.69, 9.17) is 9.84 Å². The molecule has 5 nitrogen and oxygen atoms in total. The number of hydrogen-bond acceptors (Lipinski definition) is 3. The van der Waals surface area contributed by atoms with Gasteiger partial charge in [-0.15, -0.1) is 0 Å². The van der Waals surface area contributed by atoms with E-state index < -0.39 is 17.8 Å². The van der Waals surface area contributed by atoms with Crippen molar-refractivity contribution in [2.24, 2.45) is 11.8 Å². The van der Waals surface area contributed by atoms with Gasteiger partial charge in [-0.1, -0.05) is 0 Å². The van der Waals surface area contributed by atoms with Gasteiger partial charge < -0.3 is 15.2 Å². The number of fused-ring (bicyclic) bond motifs is 1. The van der Waals surface area contributed by atoms with Crippen LogP contribution >= 0.6 is 15.9 Å². The first-order valence-electron chi connectivity index (χ1n) is 6.06. The third kappa shape index (κ3) is 2.20. The summed E-state index contributed by atoms with van der Waals surface area (Å²) in [6, 6.07) is 3.68. The zero-order valence-corrected chi connectivity index (χ0v) is 11.6. The van der Waals surface area contributed by atoms with E-state index in [1.165, 1.54) is 0 Å². The highest BCUT2D eigenvalue weighted by molar-refractivity contribution is 9.10. The number of aliphatic carboxylic acids is 1. The molecule has 1 saturated carbocycles. The Hall–Kier alpha value is -1.56. The predicted octanol–water partition coefficient (Wildman–Crippen LogP) is 2.04. The molecular formula is C13H12BrNO4. The first-order chi connectivity index (χ1) is 9.08. The fraction of sp³-hybridized carbons (Fsp3) is 0.385. The number of halogens is 1. The molecular weight excluding hydrogens is 314 g/mol. The summed E-state index contributed by atoms with van der Waals surface area (Å²) >= 11 is 3.41. The molecule has 1 aliphatic heterocycles. The molecule has 0 bridgehead atoms. The molecule has 1 fully saturated rings. The number of anilines is 1. The average molecular weight is 326 g/mol. The molecule has 0 radical (unpaired) electrons. The molecule has 2 atom stereocenters. The summed E-state index contributed by atoms with van der Waals surface area (Å²) in [4.78, 5) is 22.8. The molecule has 2 N–H and O–H groups in total. The van der Waals surface area contributed by atoms with E-state index in [0.717, 1.165) is 22.2 Å². The molecule has 1 aromatic rings. The molecule has 0 aromatic heterocycles. The minimum Gasteiger partial charge on any atom is -0.493 e. The SMILES string of the molecule is O=C(Nc1c(Br)ccc2c1CCO2)[C@H]1C[C@H]1C(=O)O. The van der Waals surface area contributed by atoms with Crippen molar-refractivity contribution in [2.75, 3.05) is 11.9 Å². The fourth-order valence-corrected chi connectivity index (χ4v) is 2.83. The van der Waals surface area contributed by atoms with Crippen LogP contribution in [0.4, 0.5) is 5.69 Å². The Morgan fingerprint density at radius 2 is 2.16 bits per heavy atom. The number of rotatable bonds is 3. The van der Waals surface area contributed by atoms with Crippen LogP contribution in [-0.4, -0.2) is 23.6 Å². The van der Waals surface area contributed by atoms with Gasteiger partial charge in [0.25, 0.3) is 0 Å². The van der Waals surface area contributed by atoms with Gasteiger partial charge in [0.2, 0.25) is 5.91 Å². The highest BCUT2D eigenvalue weighted by Crippen LogP contribution is 2.42. The maximum Gasteiger partial charge on any atom is 0.307 e. The van der Waals surface area contributed by atoms with Crippen LogP contribution in [0.3, 0.4) is 0 Å². The van der Waals surface area contributed by atoms with Crippen LogP contribution in [-0.2, 0) is 16.0 Å². The van der Waals surface area contributed by atoms with Gasteiger partial charge in [0.1, 0.15) is 5.75 Å². The van der Waals surface area contributed by atoms with Gasteiger partial charge in [0.05, 0.1) is 24.1 Å². The van der Waals surface area contributed by atoms with Crippen molar-refractivity contribution in [3.05, 3.63) is 22.2 Å². The van der Waals surface area contributed by atoms with Crippen molar-refractivity contribution >= 4 is 33.5 Å². The quantitative estimate of drug-likeness (QED) is 0.891. The topological polar surface area (TPSA) is 75.6 Å². The molecule has 1 aromatic carbocycles. The highest BCUT2D eigenvalue weighted by Gasteiger charge is 2.48. The van der Waals surface area contributed by atoms with Crippen LogP contribution < -0.4 is 10.1 Å². The number of nitrogens with one attached hydrogen (secondary N) is 1. The Balaban J connectivity index is 1.79. The summed E-state index contributed by atoms with van der Waals surface area (Å²) in [5, 5.41) is 11.7. The van der Waals surface area contributed by atoms with Crippen molar-refractivity contribution in [1.29, 1.82) is 0 Å². The number of hydrogen-bond donors (Lipinski definition) is 2. The summed E-state index contributed by atoms with van der Waals surface area (Å²) in [7, 11) is 0. The molecule has 0 unspecified atom stereocenters. The van der Waals surface area contributed by atoms with Crippen molar-refractivity contribution in [1.82, 2.24) is 0 Å². The average Bonchev–Trinajstić information content (AvgIpc) is 3.04. The van der Waals surface area contributed by atoms with Crippen molar-refractivity contribution in [3.8, 4) is 5.75 Å². The van der Waals surface area contributed by atoms with E-state index in [2.05, 4.69) is 21.2 Å². The van der Waals surface area contributed by atoms with Crippen molar-refractivity contribution < 1.29 is 19.4 Å². The highest BCUT2D eigenvalue weighted by atomic mass is 79.9. The molecule has 0 spiro atoms. The lowest BCUT2D eigenvalue weighted by Gasteiger charge is -2.11. The first-order valence-corrected chi connectivity index (χ1v) is 6.85. The van der Waals surface area contributed by atoms with Gasteiger partial charge in [-0.25, -0.2) is 0 Å². The molecule has 19 heavy (non-hydrogen) atoms. The maximum absolute atomic E-state index is 12.0. The third-order valence-electron chi connectivity index (χ3n) is 3.52. The molecule has 3 rings (SSSR count). The number of benzene rings is 1. The molecule has 100 valence electrons. The van der Waals surface area contributed by atoms with E-state index in [0.29, 0.717) is 18.7 Å². The Kier molecular flexibility index (Phi) is 2.97. The predicted molar refractivity (Wildman–Crippen MR) is 71.2 cm³/mol. The summed E-state index contributed by atoms with van der Waals surface area (Å²) in [5.74, 6) is -1.30.